The van der Waals surface area contributed by atoms with Gasteiger partial charge in [-0.3, -0.25) is 24.3 Å². The number of amides is 3. The van der Waals surface area contributed by atoms with Crippen molar-refractivity contribution in [2.45, 2.75) is 0 Å². The lowest BCUT2D eigenvalue weighted by molar-refractivity contribution is -0.125. The van der Waals surface area contributed by atoms with Gasteiger partial charge in [-0.2, -0.15) is 0 Å². The average Bonchev–Trinajstić information content (AvgIpc) is 3.20. The second kappa shape index (κ2) is 7.24. The zero-order valence-electron chi connectivity index (χ0n) is 14.3. The van der Waals surface area contributed by atoms with Crippen LogP contribution in [-0.4, -0.2) is 50.8 Å². The number of hydrogen-bond donors (Lipinski definition) is 2. The van der Waals surface area contributed by atoms with Crippen LogP contribution >= 0.6 is 11.8 Å². The Balaban J connectivity index is 1.40. The minimum absolute atomic E-state index is 0.175. The number of H-pyrrole nitrogens is 1. The number of carbonyl (C=O) groups is 3. The fourth-order valence-electron chi connectivity index (χ4n) is 2.97. The lowest BCUT2D eigenvalue weighted by Crippen LogP contribution is -2.37. The number of aromatic amines is 1. The highest BCUT2D eigenvalue weighted by Crippen LogP contribution is 2.25. The minimum atomic E-state index is -0.303. The van der Waals surface area contributed by atoms with Crippen LogP contribution in [0.5, 0.6) is 0 Å². The topological polar surface area (TPSA) is 95.2 Å². The summed E-state index contributed by atoms with van der Waals surface area (Å²) in [6, 6.07) is 9.92. The van der Waals surface area contributed by atoms with E-state index in [4.69, 9.17) is 0 Å². The molecule has 4 rings (SSSR count). The van der Waals surface area contributed by atoms with E-state index in [9.17, 15) is 14.4 Å². The molecule has 8 heteroatoms. The van der Waals surface area contributed by atoms with Crippen LogP contribution in [0.4, 0.5) is 4.79 Å². The molecule has 136 valence electrons. The van der Waals surface area contributed by atoms with Gasteiger partial charge in [-0.15, -0.1) is 0 Å². The molecule has 27 heavy (non-hydrogen) atoms. The fourth-order valence-corrected chi connectivity index (χ4v) is 3.72. The van der Waals surface area contributed by atoms with Crippen molar-refractivity contribution in [1.82, 2.24) is 20.2 Å². The van der Waals surface area contributed by atoms with Crippen molar-refractivity contribution in [2.75, 3.05) is 18.8 Å². The van der Waals surface area contributed by atoms with Crippen LogP contribution < -0.4 is 5.32 Å². The Bertz CT molecular complexity index is 1070. The minimum Gasteiger partial charge on any atom is -0.353 e. The molecule has 2 N–H and O–H groups in total. The molecule has 0 saturated carbocycles. The van der Waals surface area contributed by atoms with E-state index in [-0.39, 0.29) is 35.9 Å². The molecule has 7 nitrogen and oxygen atoms in total. The number of nitrogens with zero attached hydrogens (tertiary/aromatic N) is 2. The maximum atomic E-state index is 12.0. The van der Waals surface area contributed by atoms with Gasteiger partial charge < -0.3 is 10.3 Å². The third-order valence-electron chi connectivity index (χ3n) is 4.29. The second-order valence-corrected chi connectivity index (χ2v) is 6.98. The predicted molar refractivity (Wildman–Crippen MR) is 105 cm³/mol. The quantitative estimate of drug-likeness (QED) is 0.663. The number of imide groups is 1. The van der Waals surface area contributed by atoms with Crippen LogP contribution in [0.3, 0.4) is 0 Å². The Morgan fingerprint density at radius 1 is 1.26 bits per heavy atom. The molecule has 3 amide bonds. The number of hydrogen-bond acceptors (Lipinski definition) is 5. The summed E-state index contributed by atoms with van der Waals surface area (Å²) in [6.07, 6.45) is 4.78. The summed E-state index contributed by atoms with van der Waals surface area (Å²) in [5.74, 6) is -0.345. The van der Waals surface area contributed by atoms with Gasteiger partial charge in [0, 0.05) is 35.5 Å². The van der Waals surface area contributed by atoms with E-state index >= 15 is 0 Å². The molecule has 1 fully saturated rings. The van der Waals surface area contributed by atoms with Crippen molar-refractivity contribution in [1.29, 1.82) is 0 Å². The number of carbonyl (C=O) groups excluding carboxylic acids is 3. The number of rotatable bonds is 5. The van der Waals surface area contributed by atoms with Crippen molar-refractivity contribution in [3.63, 3.8) is 0 Å². The zero-order chi connectivity index (χ0) is 18.8. The van der Waals surface area contributed by atoms with E-state index in [0.717, 1.165) is 38.5 Å². The number of aromatic nitrogens is 2. The van der Waals surface area contributed by atoms with Crippen LogP contribution in [0.2, 0.25) is 0 Å². The van der Waals surface area contributed by atoms with Crippen molar-refractivity contribution in [2.24, 2.45) is 0 Å². The molecule has 1 saturated heterocycles. The number of pyridine rings is 1. The Morgan fingerprint density at radius 3 is 2.93 bits per heavy atom. The Morgan fingerprint density at radius 2 is 2.11 bits per heavy atom. The number of nitrogens with one attached hydrogen (secondary N) is 2. The van der Waals surface area contributed by atoms with Gasteiger partial charge >= 0.3 is 0 Å². The van der Waals surface area contributed by atoms with Gasteiger partial charge in [0.05, 0.1) is 23.2 Å². The van der Waals surface area contributed by atoms with Gasteiger partial charge in [-0.1, -0.05) is 30.0 Å². The Kier molecular flexibility index (Phi) is 4.64. The summed E-state index contributed by atoms with van der Waals surface area (Å²) in [5, 5.41) is 4.55. The molecule has 3 aromatic rings. The highest BCUT2D eigenvalue weighted by atomic mass is 32.2. The summed E-state index contributed by atoms with van der Waals surface area (Å²) >= 11 is 0.982. The average molecular weight is 380 g/mol. The van der Waals surface area contributed by atoms with Gasteiger partial charge in [-0.05, 0) is 18.2 Å². The smallest absolute Gasteiger partial charge is 0.288 e. The van der Waals surface area contributed by atoms with Crippen LogP contribution in [0, 0.1) is 0 Å². The number of benzene rings is 1. The molecule has 0 radical (unpaired) electrons. The molecular weight excluding hydrogens is 364 g/mol. The van der Waals surface area contributed by atoms with E-state index < -0.39 is 0 Å². The predicted octanol–water partition coefficient (Wildman–Crippen LogP) is 2.54. The largest absolute Gasteiger partial charge is 0.353 e. The highest BCUT2D eigenvalue weighted by Gasteiger charge is 2.29. The van der Waals surface area contributed by atoms with E-state index in [1.165, 1.54) is 6.08 Å². The first-order valence-corrected chi connectivity index (χ1v) is 9.40. The van der Waals surface area contributed by atoms with Gasteiger partial charge in [0.2, 0.25) is 11.8 Å². The highest BCUT2D eigenvalue weighted by molar-refractivity contribution is 8.14. The Labute approximate surface area is 158 Å². The summed E-state index contributed by atoms with van der Waals surface area (Å²) in [7, 11) is 0. The SMILES string of the molecule is O=C(/C=C/c1cc2c(cn1)[nH]c1ccccc12)NCCN1C(=O)CSC1=O. The van der Waals surface area contributed by atoms with Crippen LogP contribution in [-0.2, 0) is 9.59 Å². The molecule has 1 aliphatic rings. The zero-order valence-corrected chi connectivity index (χ0v) is 15.1. The number of thioether (sulfide) groups is 1. The third-order valence-corrected chi connectivity index (χ3v) is 5.15. The maximum Gasteiger partial charge on any atom is 0.288 e. The van der Waals surface area contributed by atoms with Crippen LogP contribution in [0.25, 0.3) is 27.9 Å². The normalized spacial score (nSPS) is 14.7. The van der Waals surface area contributed by atoms with Gasteiger partial charge in [0.1, 0.15) is 0 Å². The van der Waals surface area contributed by atoms with E-state index in [1.807, 2.05) is 30.3 Å². The fraction of sp³-hybridized carbons (Fsp3) is 0.158. The summed E-state index contributed by atoms with van der Waals surface area (Å²) < 4.78 is 0. The van der Waals surface area contributed by atoms with E-state index in [2.05, 4.69) is 15.3 Å². The van der Waals surface area contributed by atoms with Crippen molar-refractivity contribution < 1.29 is 14.4 Å². The van der Waals surface area contributed by atoms with Gasteiger partial charge in [0.25, 0.3) is 5.24 Å². The van der Waals surface area contributed by atoms with Crippen molar-refractivity contribution in [3.05, 3.63) is 48.3 Å². The summed E-state index contributed by atoms with van der Waals surface area (Å²) in [5.41, 5.74) is 2.65. The third kappa shape index (κ3) is 3.56. The Hall–Kier alpha value is -3.13. The summed E-state index contributed by atoms with van der Waals surface area (Å²) in [6.45, 7) is 0.403. The molecule has 0 aliphatic carbocycles. The second-order valence-electron chi connectivity index (χ2n) is 6.05. The molecule has 2 aromatic heterocycles. The molecule has 1 aliphatic heterocycles. The summed E-state index contributed by atoms with van der Waals surface area (Å²) in [4.78, 5) is 43.7. The molecule has 0 bridgehead atoms. The van der Waals surface area contributed by atoms with Gasteiger partial charge in [-0.25, -0.2) is 0 Å². The molecule has 0 spiro atoms. The molecular formula is C19H16N4O3S. The van der Waals surface area contributed by atoms with Crippen molar-refractivity contribution in [3.8, 4) is 0 Å². The number of para-hydroxylation sites is 1. The van der Waals surface area contributed by atoms with E-state index in [1.54, 1.807) is 12.3 Å². The van der Waals surface area contributed by atoms with Crippen LogP contribution in [0.1, 0.15) is 5.69 Å². The standard InChI is InChI=1S/C19H16N4O3S/c24-17(20-7-8-23-18(25)11-27-19(23)26)6-5-12-9-14-13-3-1-2-4-15(13)22-16(14)10-21-12/h1-6,9-10,22H,7-8,11H2,(H,20,24)/b6-5+. The molecule has 0 atom stereocenters. The molecule has 1 aromatic carbocycles. The van der Waals surface area contributed by atoms with Crippen molar-refractivity contribution >= 4 is 56.7 Å². The number of fused-ring (bicyclic) bond motifs is 3. The monoisotopic (exact) mass is 380 g/mol. The maximum absolute atomic E-state index is 12.0. The van der Waals surface area contributed by atoms with E-state index in [0.29, 0.717) is 5.69 Å². The van der Waals surface area contributed by atoms with Gasteiger partial charge in [0.15, 0.2) is 0 Å². The molecule has 0 unspecified atom stereocenters. The lowest BCUT2D eigenvalue weighted by atomic mass is 10.1. The first-order chi connectivity index (χ1) is 13.1. The van der Waals surface area contributed by atoms with Crippen LogP contribution in [0.15, 0.2) is 42.6 Å². The molecule has 3 heterocycles. The first-order valence-electron chi connectivity index (χ1n) is 8.41. The first kappa shape index (κ1) is 17.3. The lowest BCUT2D eigenvalue weighted by Gasteiger charge is -2.12.